The van der Waals surface area contributed by atoms with Gasteiger partial charge in [-0.25, -0.2) is 18.2 Å². The summed E-state index contributed by atoms with van der Waals surface area (Å²) in [6.45, 7) is -0.599. The van der Waals surface area contributed by atoms with E-state index in [2.05, 4.69) is 10.5 Å². The number of carbonyl (C=O) groups is 1. The van der Waals surface area contributed by atoms with Gasteiger partial charge in [-0.1, -0.05) is 59.6 Å². The van der Waals surface area contributed by atoms with Crippen LogP contribution >= 0.6 is 23.2 Å². The summed E-state index contributed by atoms with van der Waals surface area (Å²) < 4.78 is 40.3. The van der Waals surface area contributed by atoms with Gasteiger partial charge in [-0.3, -0.25) is 9.10 Å². The fourth-order valence-corrected chi connectivity index (χ4v) is 4.50. The molecule has 31 heavy (non-hydrogen) atoms. The summed E-state index contributed by atoms with van der Waals surface area (Å²) in [5.41, 5.74) is 2.86. The Morgan fingerprint density at radius 1 is 1.00 bits per heavy atom. The largest absolute Gasteiger partial charge is 0.271 e. The molecule has 0 radical (unpaired) electrons. The van der Waals surface area contributed by atoms with Gasteiger partial charge >= 0.3 is 0 Å². The highest BCUT2D eigenvalue weighted by atomic mass is 35.5. The molecule has 3 rings (SSSR count). The van der Waals surface area contributed by atoms with Crippen LogP contribution in [0.5, 0.6) is 0 Å². The van der Waals surface area contributed by atoms with Gasteiger partial charge in [0.05, 0.1) is 26.8 Å². The minimum absolute atomic E-state index is 0.00807. The topological polar surface area (TPSA) is 78.8 Å². The number of hydrazone groups is 1. The molecule has 0 heterocycles. The standard InChI is InChI=1S/C21H16Cl2FN3O3S/c22-18-7-4-8-19(21(18)23)27(31(29,30)17-5-2-1-3-6-17)14-20(28)26-25-13-15-9-11-16(24)12-10-15/h1-13H,14H2,(H,26,28)/b25-13-. The highest BCUT2D eigenvalue weighted by molar-refractivity contribution is 7.92. The molecule has 0 aliphatic rings. The van der Waals surface area contributed by atoms with Crippen LogP contribution in [0.25, 0.3) is 0 Å². The summed E-state index contributed by atoms with van der Waals surface area (Å²) >= 11 is 12.3. The van der Waals surface area contributed by atoms with E-state index in [1.807, 2.05) is 0 Å². The third kappa shape index (κ3) is 5.61. The van der Waals surface area contributed by atoms with Crippen LogP contribution < -0.4 is 9.73 Å². The van der Waals surface area contributed by atoms with E-state index in [1.165, 1.54) is 60.8 Å². The molecule has 0 atom stereocenters. The molecule has 0 unspecified atom stereocenters. The molecule has 0 aliphatic carbocycles. The maximum Gasteiger partial charge on any atom is 0.264 e. The van der Waals surface area contributed by atoms with E-state index in [0.717, 1.165) is 4.31 Å². The molecule has 6 nitrogen and oxygen atoms in total. The van der Waals surface area contributed by atoms with Gasteiger partial charge in [0.15, 0.2) is 0 Å². The Labute approximate surface area is 189 Å². The molecule has 1 amide bonds. The van der Waals surface area contributed by atoms with Crippen LogP contribution in [0.15, 0.2) is 82.8 Å². The van der Waals surface area contributed by atoms with Gasteiger partial charge in [0.25, 0.3) is 15.9 Å². The lowest BCUT2D eigenvalue weighted by molar-refractivity contribution is -0.119. The lowest BCUT2D eigenvalue weighted by Gasteiger charge is -2.24. The Hall–Kier alpha value is -2.94. The quantitative estimate of drug-likeness (QED) is 0.400. The Kier molecular flexibility index (Phi) is 7.27. The van der Waals surface area contributed by atoms with E-state index in [4.69, 9.17) is 23.2 Å². The summed E-state index contributed by atoms with van der Waals surface area (Å²) in [6, 6.07) is 17.6. The van der Waals surface area contributed by atoms with Crippen molar-refractivity contribution in [1.82, 2.24) is 5.43 Å². The second-order valence-electron chi connectivity index (χ2n) is 6.24. The van der Waals surface area contributed by atoms with E-state index in [-0.39, 0.29) is 20.6 Å². The van der Waals surface area contributed by atoms with Crippen LogP contribution in [0, 0.1) is 5.82 Å². The first kappa shape index (κ1) is 22.7. The van der Waals surface area contributed by atoms with Gasteiger partial charge in [0, 0.05) is 0 Å². The number of halogens is 3. The summed E-state index contributed by atoms with van der Waals surface area (Å²) in [4.78, 5) is 12.5. The molecule has 10 heteroatoms. The van der Waals surface area contributed by atoms with E-state index in [0.29, 0.717) is 5.56 Å². The number of benzene rings is 3. The van der Waals surface area contributed by atoms with Crippen LogP contribution in [0.1, 0.15) is 5.56 Å². The highest BCUT2D eigenvalue weighted by Gasteiger charge is 2.29. The number of hydrogen-bond donors (Lipinski definition) is 1. The van der Waals surface area contributed by atoms with Gasteiger partial charge < -0.3 is 0 Å². The van der Waals surface area contributed by atoms with E-state index < -0.39 is 28.3 Å². The second kappa shape index (κ2) is 9.91. The molecule has 3 aromatic carbocycles. The zero-order valence-electron chi connectivity index (χ0n) is 15.9. The van der Waals surface area contributed by atoms with Crippen molar-refractivity contribution in [3.63, 3.8) is 0 Å². The fourth-order valence-electron chi connectivity index (χ4n) is 2.60. The predicted octanol–water partition coefficient (Wildman–Crippen LogP) is 4.48. The first-order valence-corrected chi connectivity index (χ1v) is 11.1. The number of sulfonamides is 1. The fraction of sp³-hybridized carbons (Fsp3) is 0.0476. The van der Waals surface area contributed by atoms with E-state index in [9.17, 15) is 17.6 Å². The minimum atomic E-state index is -4.13. The molecule has 0 saturated carbocycles. The molecule has 160 valence electrons. The lowest BCUT2D eigenvalue weighted by atomic mass is 10.2. The van der Waals surface area contributed by atoms with Crippen molar-refractivity contribution in [1.29, 1.82) is 0 Å². The van der Waals surface area contributed by atoms with Crippen LogP contribution in [-0.2, 0) is 14.8 Å². The summed E-state index contributed by atoms with van der Waals surface area (Å²) in [5, 5.41) is 3.92. The minimum Gasteiger partial charge on any atom is -0.271 e. The molecular weight excluding hydrogens is 464 g/mol. The Morgan fingerprint density at radius 2 is 1.68 bits per heavy atom. The normalized spacial score (nSPS) is 11.5. The third-order valence-corrected chi connectivity index (χ3v) is 6.67. The van der Waals surface area contributed by atoms with Crippen molar-refractivity contribution in [2.75, 3.05) is 10.8 Å². The van der Waals surface area contributed by atoms with Crippen LogP contribution in [0.4, 0.5) is 10.1 Å². The maximum absolute atomic E-state index is 13.2. The lowest BCUT2D eigenvalue weighted by Crippen LogP contribution is -2.39. The van der Waals surface area contributed by atoms with Crippen molar-refractivity contribution < 1.29 is 17.6 Å². The van der Waals surface area contributed by atoms with E-state index in [1.54, 1.807) is 18.2 Å². The van der Waals surface area contributed by atoms with Gasteiger partial charge in [0.1, 0.15) is 12.4 Å². The number of amides is 1. The first-order chi connectivity index (χ1) is 14.8. The van der Waals surface area contributed by atoms with Gasteiger partial charge in [-0.05, 0) is 42.0 Å². The number of nitrogens with one attached hydrogen (secondary N) is 1. The number of nitrogens with zero attached hydrogens (tertiary/aromatic N) is 2. The second-order valence-corrected chi connectivity index (χ2v) is 8.89. The highest BCUT2D eigenvalue weighted by Crippen LogP contribution is 2.35. The van der Waals surface area contributed by atoms with Crippen molar-refractivity contribution in [3.8, 4) is 0 Å². The van der Waals surface area contributed by atoms with Gasteiger partial charge in [0.2, 0.25) is 0 Å². The number of hydrogen-bond acceptors (Lipinski definition) is 4. The Balaban J connectivity index is 1.87. The Bertz CT molecular complexity index is 1200. The smallest absolute Gasteiger partial charge is 0.264 e. The molecule has 0 fully saturated rings. The third-order valence-electron chi connectivity index (χ3n) is 4.09. The molecule has 0 spiro atoms. The zero-order chi connectivity index (χ0) is 22.4. The maximum atomic E-state index is 13.2. The summed E-state index contributed by atoms with van der Waals surface area (Å²) in [6.07, 6.45) is 1.31. The number of rotatable bonds is 7. The summed E-state index contributed by atoms with van der Waals surface area (Å²) in [5.74, 6) is -1.12. The van der Waals surface area contributed by atoms with Crippen molar-refractivity contribution >= 4 is 51.0 Å². The zero-order valence-corrected chi connectivity index (χ0v) is 18.2. The molecule has 0 aromatic heterocycles. The van der Waals surface area contributed by atoms with Crippen molar-refractivity contribution in [2.45, 2.75) is 4.90 Å². The van der Waals surface area contributed by atoms with Gasteiger partial charge in [-0.2, -0.15) is 5.10 Å². The van der Waals surface area contributed by atoms with Crippen molar-refractivity contribution in [2.24, 2.45) is 5.10 Å². The molecule has 1 N–H and O–H groups in total. The molecule has 0 bridgehead atoms. The molecular formula is C21H16Cl2FN3O3S. The van der Waals surface area contributed by atoms with E-state index >= 15 is 0 Å². The van der Waals surface area contributed by atoms with Crippen LogP contribution in [-0.4, -0.2) is 27.1 Å². The number of carbonyl (C=O) groups excluding carboxylic acids is 1. The average Bonchev–Trinajstić information content (AvgIpc) is 2.76. The Morgan fingerprint density at radius 3 is 2.35 bits per heavy atom. The molecule has 3 aromatic rings. The van der Waals surface area contributed by atoms with Crippen LogP contribution in [0.2, 0.25) is 10.0 Å². The summed E-state index contributed by atoms with van der Waals surface area (Å²) in [7, 11) is -4.13. The first-order valence-electron chi connectivity index (χ1n) is 8.88. The number of anilines is 1. The predicted molar refractivity (Wildman–Crippen MR) is 120 cm³/mol. The van der Waals surface area contributed by atoms with Crippen molar-refractivity contribution in [3.05, 3.63) is 94.2 Å². The molecule has 0 saturated heterocycles. The van der Waals surface area contributed by atoms with Crippen LogP contribution in [0.3, 0.4) is 0 Å². The molecule has 0 aliphatic heterocycles. The monoisotopic (exact) mass is 479 g/mol. The SMILES string of the molecule is O=C(CN(c1cccc(Cl)c1Cl)S(=O)(=O)c1ccccc1)N/N=C\c1ccc(F)cc1. The average molecular weight is 480 g/mol. The van der Waals surface area contributed by atoms with Gasteiger partial charge in [-0.15, -0.1) is 0 Å².